The molecule has 1 aromatic carbocycles. The molecule has 7 heteroatoms. The van der Waals surface area contributed by atoms with Crippen molar-refractivity contribution in [2.24, 2.45) is 11.8 Å². The number of piperidine rings is 1. The summed E-state index contributed by atoms with van der Waals surface area (Å²) in [6, 6.07) is 6.64. The first-order valence-corrected chi connectivity index (χ1v) is 10.4. The molecule has 1 heterocycles. The van der Waals surface area contributed by atoms with E-state index in [1.165, 1.54) is 6.26 Å². The van der Waals surface area contributed by atoms with Crippen molar-refractivity contribution in [2.75, 3.05) is 19.8 Å². The van der Waals surface area contributed by atoms with Crippen LogP contribution in [0, 0.1) is 11.8 Å². The number of hydrogen-bond acceptors (Lipinski definition) is 4. The molecule has 1 saturated carbocycles. The number of nitrogens with one attached hydrogen (secondary N) is 1. The first-order valence-electron chi connectivity index (χ1n) is 8.55. The molecular weight excluding hydrogens is 340 g/mol. The van der Waals surface area contributed by atoms with Crippen LogP contribution in [-0.4, -0.2) is 51.0 Å². The van der Waals surface area contributed by atoms with Crippen molar-refractivity contribution < 1.29 is 18.0 Å². The van der Waals surface area contributed by atoms with Gasteiger partial charge >= 0.3 is 0 Å². The smallest absolute Gasteiger partial charge is 0.226 e. The molecule has 1 aliphatic heterocycles. The summed E-state index contributed by atoms with van der Waals surface area (Å²) in [6.07, 6.45) is 3.80. The maximum Gasteiger partial charge on any atom is 0.226 e. The van der Waals surface area contributed by atoms with Crippen LogP contribution in [0.15, 0.2) is 29.2 Å². The van der Waals surface area contributed by atoms with Gasteiger partial charge in [0.25, 0.3) is 0 Å². The molecule has 6 nitrogen and oxygen atoms in total. The van der Waals surface area contributed by atoms with Crippen molar-refractivity contribution in [1.29, 1.82) is 0 Å². The van der Waals surface area contributed by atoms with Gasteiger partial charge in [-0.2, -0.15) is 0 Å². The standard InChI is InChI=1S/C18H24N2O4S/c1-20(15-8-13-10-17(21)19-11-14(13)9-15)18(22)7-12-3-5-16(6-4-12)25(2,23)24/h3-6,13-15H,7-11H2,1-2H3,(H,19,21)/t13-,14+,15-/m0/s1. The van der Waals surface area contributed by atoms with Crippen LogP contribution >= 0.6 is 0 Å². The third-order valence-electron chi connectivity index (χ3n) is 5.47. The molecule has 0 bridgehead atoms. The fourth-order valence-corrected chi connectivity index (χ4v) is 4.54. The Bertz CT molecular complexity index is 773. The van der Waals surface area contributed by atoms with Crippen molar-refractivity contribution in [2.45, 2.75) is 36.6 Å². The Hall–Kier alpha value is -1.89. The molecule has 3 rings (SSSR count). The van der Waals surface area contributed by atoms with Gasteiger partial charge in [-0.15, -0.1) is 0 Å². The number of sulfone groups is 1. The second-order valence-electron chi connectivity index (χ2n) is 7.25. The van der Waals surface area contributed by atoms with Crippen LogP contribution in [-0.2, 0) is 25.8 Å². The van der Waals surface area contributed by atoms with Crippen LogP contribution in [0.1, 0.15) is 24.8 Å². The molecule has 1 aliphatic carbocycles. The first-order chi connectivity index (χ1) is 11.7. The van der Waals surface area contributed by atoms with E-state index in [-0.39, 0.29) is 29.2 Å². The molecule has 0 aromatic heterocycles. The highest BCUT2D eigenvalue weighted by atomic mass is 32.2. The van der Waals surface area contributed by atoms with E-state index in [2.05, 4.69) is 5.32 Å². The Morgan fingerprint density at radius 2 is 1.84 bits per heavy atom. The zero-order valence-electron chi connectivity index (χ0n) is 14.6. The van der Waals surface area contributed by atoms with Crippen molar-refractivity contribution in [3.63, 3.8) is 0 Å². The number of carbonyl (C=O) groups excluding carboxylic acids is 2. The minimum atomic E-state index is -3.22. The Morgan fingerprint density at radius 3 is 2.48 bits per heavy atom. The minimum Gasteiger partial charge on any atom is -0.356 e. The topological polar surface area (TPSA) is 83.6 Å². The second-order valence-corrected chi connectivity index (χ2v) is 9.27. The summed E-state index contributed by atoms with van der Waals surface area (Å²) in [4.78, 5) is 26.2. The Morgan fingerprint density at radius 1 is 1.20 bits per heavy atom. The summed E-state index contributed by atoms with van der Waals surface area (Å²) in [5.41, 5.74) is 0.802. The lowest BCUT2D eigenvalue weighted by Gasteiger charge is -2.25. The van der Waals surface area contributed by atoms with Gasteiger partial charge in [0.2, 0.25) is 11.8 Å². The lowest BCUT2D eigenvalue weighted by Crippen LogP contribution is -2.38. The highest BCUT2D eigenvalue weighted by Crippen LogP contribution is 2.38. The van der Waals surface area contributed by atoms with Crippen molar-refractivity contribution in [3.8, 4) is 0 Å². The van der Waals surface area contributed by atoms with Crippen LogP contribution in [0.25, 0.3) is 0 Å². The van der Waals surface area contributed by atoms with E-state index in [0.717, 1.165) is 24.9 Å². The Balaban J connectivity index is 1.60. The van der Waals surface area contributed by atoms with Gasteiger partial charge in [-0.25, -0.2) is 8.42 Å². The van der Waals surface area contributed by atoms with Gasteiger partial charge in [0.05, 0.1) is 11.3 Å². The molecule has 1 saturated heterocycles. The number of nitrogens with zero attached hydrogens (tertiary/aromatic N) is 1. The molecule has 0 radical (unpaired) electrons. The summed E-state index contributed by atoms with van der Waals surface area (Å²) >= 11 is 0. The average Bonchev–Trinajstić information content (AvgIpc) is 2.96. The molecule has 3 atom stereocenters. The van der Waals surface area contributed by atoms with Gasteiger partial charge in [-0.1, -0.05) is 12.1 Å². The third-order valence-corrected chi connectivity index (χ3v) is 6.60. The van der Waals surface area contributed by atoms with Gasteiger partial charge in [-0.3, -0.25) is 9.59 Å². The zero-order valence-corrected chi connectivity index (χ0v) is 15.4. The largest absolute Gasteiger partial charge is 0.356 e. The first kappa shape index (κ1) is 17.9. The summed E-state index contributed by atoms with van der Waals surface area (Å²) in [5, 5.41) is 2.91. The monoisotopic (exact) mass is 364 g/mol. The van der Waals surface area contributed by atoms with E-state index < -0.39 is 9.84 Å². The second kappa shape index (κ2) is 6.78. The number of rotatable bonds is 4. The lowest BCUT2D eigenvalue weighted by molar-refractivity contribution is -0.131. The van der Waals surface area contributed by atoms with Crippen LogP contribution in [0.3, 0.4) is 0 Å². The normalized spacial score (nSPS) is 26.0. The SMILES string of the molecule is CN(C(=O)Cc1ccc(S(C)(=O)=O)cc1)[C@H]1C[C@H]2CC(=O)NC[C@H]2C1. The van der Waals surface area contributed by atoms with Crippen LogP contribution < -0.4 is 5.32 Å². The van der Waals surface area contributed by atoms with E-state index in [4.69, 9.17) is 0 Å². The highest BCUT2D eigenvalue weighted by molar-refractivity contribution is 7.90. The van der Waals surface area contributed by atoms with Crippen LogP contribution in [0.2, 0.25) is 0 Å². The maximum atomic E-state index is 12.6. The quantitative estimate of drug-likeness (QED) is 0.864. The number of carbonyl (C=O) groups is 2. The third kappa shape index (κ3) is 4.03. The van der Waals surface area contributed by atoms with Crippen molar-refractivity contribution in [3.05, 3.63) is 29.8 Å². The Kier molecular flexibility index (Phi) is 4.86. The van der Waals surface area contributed by atoms with Gasteiger partial charge in [-0.05, 0) is 42.4 Å². The molecule has 2 fully saturated rings. The molecule has 0 unspecified atom stereocenters. The lowest BCUT2D eigenvalue weighted by atomic mass is 9.89. The molecule has 136 valence electrons. The van der Waals surface area contributed by atoms with E-state index in [0.29, 0.717) is 18.3 Å². The Labute approximate surface area is 148 Å². The maximum absolute atomic E-state index is 12.6. The van der Waals surface area contributed by atoms with Crippen molar-refractivity contribution in [1.82, 2.24) is 10.2 Å². The molecule has 1 N–H and O–H groups in total. The zero-order chi connectivity index (χ0) is 18.2. The van der Waals surface area contributed by atoms with E-state index in [9.17, 15) is 18.0 Å². The van der Waals surface area contributed by atoms with E-state index in [1.807, 2.05) is 7.05 Å². The van der Waals surface area contributed by atoms with Gasteiger partial charge in [0, 0.05) is 32.3 Å². The minimum absolute atomic E-state index is 0.0232. The van der Waals surface area contributed by atoms with Gasteiger partial charge in [0.1, 0.15) is 0 Å². The molecule has 2 amide bonds. The fourth-order valence-electron chi connectivity index (χ4n) is 3.91. The van der Waals surface area contributed by atoms with Crippen LogP contribution in [0.4, 0.5) is 0 Å². The van der Waals surface area contributed by atoms with Gasteiger partial charge in [0.15, 0.2) is 9.84 Å². The highest BCUT2D eigenvalue weighted by Gasteiger charge is 2.40. The summed E-state index contributed by atoms with van der Waals surface area (Å²) in [6.45, 7) is 0.717. The summed E-state index contributed by atoms with van der Waals surface area (Å²) < 4.78 is 23.0. The summed E-state index contributed by atoms with van der Waals surface area (Å²) in [5.74, 6) is 0.979. The van der Waals surface area contributed by atoms with Gasteiger partial charge < -0.3 is 10.2 Å². The van der Waals surface area contributed by atoms with E-state index in [1.54, 1.807) is 29.2 Å². The molecular formula is C18H24N2O4S. The van der Waals surface area contributed by atoms with Crippen molar-refractivity contribution >= 4 is 21.7 Å². The molecule has 25 heavy (non-hydrogen) atoms. The number of benzene rings is 1. The van der Waals surface area contributed by atoms with E-state index >= 15 is 0 Å². The predicted molar refractivity (Wildman–Crippen MR) is 93.7 cm³/mol. The summed E-state index contributed by atoms with van der Waals surface area (Å²) in [7, 11) is -1.40. The fraction of sp³-hybridized carbons (Fsp3) is 0.556. The molecule has 1 aromatic rings. The number of amides is 2. The molecule has 2 aliphatic rings. The predicted octanol–water partition coefficient (Wildman–Crippen LogP) is 1.01. The number of hydrogen-bond donors (Lipinski definition) is 1. The number of likely N-dealkylation sites (N-methyl/N-ethyl adjacent to an activating group) is 1. The number of fused-ring (bicyclic) bond motifs is 1. The molecule has 0 spiro atoms. The van der Waals surface area contributed by atoms with Crippen LogP contribution in [0.5, 0.6) is 0 Å². The average molecular weight is 364 g/mol.